The van der Waals surface area contributed by atoms with Gasteiger partial charge >= 0.3 is 0 Å². The quantitative estimate of drug-likeness (QED) is 0.781. The lowest BCUT2D eigenvalue weighted by Gasteiger charge is -2.36. The number of hydrogen-bond acceptors (Lipinski definition) is 4. The molecular weight excluding hydrogens is 288 g/mol. The van der Waals surface area contributed by atoms with Gasteiger partial charge in [-0.1, -0.05) is 30.3 Å². The molecule has 0 saturated carbocycles. The summed E-state index contributed by atoms with van der Waals surface area (Å²) in [6.07, 6.45) is 1.87. The molecule has 0 amide bonds. The van der Waals surface area contributed by atoms with Crippen LogP contribution in [0.2, 0.25) is 0 Å². The van der Waals surface area contributed by atoms with Crippen LogP contribution in [0.4, 0.5) is 5.69 Å². The Labute approximate surface area is 135 Å². The van der Waals surface area contributed by atoms with Gasteiger partial charge in [0.2, 0.25) is 0 Å². The number of piperazine rings is 1. The van der Waals surface area contributed by atoms with Gasteiger partial charge in [0.05, 0.1) is 17.4 Å². The lowest BCUT2D eigenvalue weighted by Crippen LogP contribution is -2.46. The highest BCUT2D eigenvalue weighted by Crippen LogP contribution is 2.27. The van der Waals surface area contributed by atoms with Crippen molar-refractivity contribution in [3.05, 3.63) is 54.2 Å². The van der Waals surface area contributed by atoms with Crippen LogP contribution in [0.15, 0.2) is 48.7 Å². The van der Waals surface area contributed by atoms with Crippen LogP contribution in [0.25, 0.3) is 10.9 Å². The summed E-state index contributed by atoms with van der Waals surface area (Å²) in [7, 11) is 0. The SMILES string of the molecule is Oc1ccccc1N1CCN(Cc2cccc3cn[nH]c23)CC1. The number of anilines is 1. The Morgan fingerprint density at radius 2 is 1.83 bits per heavy atom. The molecule has 5 heteroatoms. The molecule has 3 aromatic rings. The van der Waals surface area contributed by atoms with Gasteiger partial charge in [-0.05, 0) is 17.7 Å². The first-order valence-electron chi connectivity index (χ1n) is 7.97. The number of nitrogens with one attached hydrogen (secondary N) is 1. The number of aromatic hydroxyl groups is 1. The van der Waals surface area contributed by atoms with E-state index in [4.69, 9.17) is 0 Å². The number of nitrogens with zero attached hydrogens (tertiary/aromatic N) is 3. The molecule has 1 aliphatic heterocycles. The Kier molecular flexibility index (Phi) is 3.63. The second-order valence-corrected chi connectivity index (χ2v) is 6.00. The molecule has 2 N–H and O–H groups in total. The Hall–Kier alpha value is -2.53. The van der Waals surface area contributed by atoms with Gasteiger partial charge in [-0.2, -0.15) is 5.10 Å². The summed E-state index contributed by atoms with van der Waals surface area (Å²) < 4.78 is 0. The molecule has 118 valence electrons. The Morgan fingerprint density at radius 3 is 2.65 bits per heavy atom. The zero-order valence-corrected chi connectivity index (χ0v) is 12.9. The molecule has 5 nitrogen and oxygen atoms in total. The summed E-state index contributed by atoms with van der Waals surface area (Å²) in [5, 5.41) is 18.4. The van der Waals surface area contributed by atoms with Crippen molar-refractivity contribution in [2.45, 2.75) is 6.54 Å². The van der Waals surface area contributed by atoms with E-state index in [9.17, 15) is 5.11 Å². The van der Waals surface area contributed by atoms with Crippen molar-refractivity contribution in [2.75, 3.05) is 31.1 Å². The van der Waals surface area contributed by atoms with Gasteiger partial charge in [0, 0.05) is 38.1 Å². The number of hydrogen-bond donors (Lipinski definition) is 2. The van der Waals surface area contributed by atoms with Crippen molar-refractivity contribution in [1.29, 1.82) is 0 Å². The van der Waals surface area contributed by atoms with E-state index in [1.165, 1.54) is 5.56 Å². The molecule has 0 unspecified atom stereocenters. The van der Waals surface area contributed by atoms with Crippen molar-refractivity contribution in [2.24, 2.45) is 0 Å². The Bertz CT molecular complexity index is 805. The van der Waals surface area contributed by atoms with Crippen molar-refractivity contribution in [1.82, 2.24) is 15.1 Å². The highest BCUT2D eigenvalue weighted by molar-refractivity contribution is 5.81. The fraction of sp³-hybridized carbons (Fsp3) is 0.278. The maximum absolute atomic E-state index is 9.99. The predicted molar refractivity (Wildman–Crippen MR) is 91.7 cm³/mol. The number of rotatable bonds is 3. The van der Waals surface area contributed by atoms with E-state index in [2.05, 4.69) is 38.2 Å². The summed E-state index contributed by atoms with van der Waals surface area (Å²) >= 11 is 0. The first-order chi connectivity index (χ1) is 11.3. The van der Waals surface area contributed by atoms with Crippen LogP contribution in [0.1, 0.15) is 5.56 Å². The van der Waals surface area contributed by atoms with Crippen LogP contribution in [-0.2, 0) is 6.54 Å². The van der Waals surface area contributed by atoms with E-state index in [0.717, 1.165) is 49.3 Å². The molecule has 0 spiro atoms. The van der Waals surface area contributed by atoms with Crippen molar-refractivity contribution in [3.8, 4) is 5.75 Å². The minimum Gasteiger partial charge on any atom is -0.506 e. The molecule has 23 heavy (non-hydrogen) atoms. The predicted octanol–water partition coefficient (Wildman–Crippen LogP) is 2.59. The minimum atomic E-state index is 0.364. The average molecular weight is 308 g/mol. The molecule has 2 heterocycles. The monoisotopic (exact) mass is 308 g/mol. The minimum absolute atomic E-state index is 0.364. The smallest absolute Gasteiger partial charge is 0.138 e. The zero-order valence-electron chi connectivity index (χ0n) is 12.9. The normalized spacial score (nSPS) is 16.1. The zero-order chi connectivity index (χ0) is 15.6. The molecule has 1 fully saturated rings. The molecule has 1 saturated heterocycles. The molecule has 2 aromatic carbocycles. The molecule has 1 aliphatic rings. The number of aromatic nitrogens is 2. The van der Waals surface area contributed by atoms with Gasteiger partial charge in [-0.15, -0.1) is 0 Å². The van der Waals surface area contributed by atoms with Crippen molar-refractivity contribution in [3.63, 3.8) is 0 Å². The molecule has 4 rings (SSSR count). The molecule has 0 radical (unpaired) electrons. The van der Waals surface area contributed by atoms with Crippen molar-refractivity contribution < 1.29 is 5.11 Å². The van der Waals surface area contributed by atoms with E-state index in [0.29, 0.717) is 5.75 Å². The van der Waals surface area contributed by atoms with Gasteiger partial charge in [0.15, 0.2) is 0 Å². The molecule has 0 atom stereocenters. The van der Waals surface area contributed by atoms with Crippen LogP contribution < -0.4 is 4.90 Å². The molecule has 0 bridgehead atoms. The number of aromatic amines is 1. The topological polar surface area (TPSA) is 55.4 Å². The number of H-pyrrole nitrogens is 1. The number of phenols is 1. The molecule has 1 aromatic heterocycles. The van der Waals surface area contributed by atoms with Gasteiger partial charge < -0.3 is 10.0 Å². The fourth-order valence-corrected chi connectivity index (χ4v) is 3.28. The second kappa shape index (κ2) is 5.93. The third kappa shape index (κ3) is 2.75. The number of fused-ring (bicyclic) bond motifs is 1. The van der Waals surface area contributed by atoms with Gasteiger partial charge in [0.25, 0.3) is 0 Å². The van der Waals surface area contributed by atoms with Crippen LogP contribution in [0.3, 0.4) is 0 Å². The molecular formula is C18H20N4O. The summed E-state index contributed by atoms with van der Waals surface area (Å²) in [6.45, 7) is 4.75. The maximum atomic E-state index is 9.99. The van der Waals surface area contributed by atoms with Gasteiger partial charge in [-0.25, -0.2) is 0 Å². The third-order valence-electron chi connectivity index (χ3n) is 4.55. The second-order valence-electron chi connectivity index (χ2n) is 6.00. The van der Waals surface area contributed by atoms with Crippen LogP contribution >= 0.6 is 0 Å². The van der Waals surface area contributed by atoms with Crippen LogP contribution in [-0.4, -0.2) is 46.4 Å². The maximum Gasteiger partial charge on any atom is 0.138 e. The van der Waals surface area contributed by atoms with Crippen LogP contribution in [0.5, 0.6) is 5.75 Å². The lowest BCUT2D eigenvalue weighted by atomic mass is 10.1. The number of benzene rings is 2. The van der Waals surface area contributed by atoms with Gasteiger partial charge in [0.1, 0.15) is 5.75 Å². The highest BCUT2D eigenvalue weighted by Gasteiger charge is 2.19. The summed E-state index contributed by atoms with van der Waals surface area (Å²) in [4.78, 5) is 4.70. The largest absolute Gasteiger partial charge is 0.506 e. The van der Waals surface area contributed by atoms with Crippen molar-refractivity contribution >= 4 is 16.6 Å². The standard InChI is InChI=1S/C18H20N4O/c23-17-7-2-1-6-16(17)22-10-8-21(9-11-22)13-15-5-3-4-14-12-19-20-18(14)15/h1-7,12,23H,8-11,13H2,(H,19,20). The summed E-state index contributed by atoms with van der Waals surface area (Å²) in [6, 6.07) is 13.9. The Morgan fingerprint density at radius 1 is 1.00 bits per heavy atom. The summed E-state index contributed by atoms with van der Waals surface area (Å²) in [5.41, 5.74) is 3.36. The third-order valence-corrected chi connectivity index (χ3v) is 4.55. The van der Waals surface area contributed by atoms with E-state index in [1.54, 1.807) is 6.07 Å². The Balaban J connectivity index is 1.44. The first-order valence-corrected chi connectivity index (χ1v) is 7.97. The first kappa shape index (κ1) is 14.1. The highest BCUT2D eigenvalue weighted by atomic mass is 16.3. The average Bonchev–Trinajstić information content (AvgIpc) is 3.06. The fourth-order valence-electron chi connectivity index (χ4n) is 3.28. The number of para-hydroxylation sites is 3. The molecule has 0 aliphatic carbocycles. The van der Waals surface area contributed by atoms with E-state index in [1.807, 2.05) is 24.4 Å². The van der Waals surface area contributed by atoms with E-state index < -0.39 is 0 Å². The number of phenolic OH excluding ortho intramolecular Hbond substituents is 1. The van der Waals surface area contributed by atoms with E-state index >= 15 is 0 Å². The van der Waals surface area contributed by atoms with Crippen LogP contribution in [0, 0.1) is 0 Å². The van der Waals surface area contributed by atoms with E-state index in [-0.39, 0.29) is 0 Å². The van der Waals surface area contributed by atoms with Gasteiger partial charge in [-0.3, -0.25) is 10.00 Å². The summed E-state index contributed by atoms with van der Waals surface area (Å²) in [5.74, 6) is 0.364. The lowest BCUT2D eigenvalue weighted by molar-refractivity contribution is 0.250.